The fourth-order valence-electron chi connectivity index (χ4n) is 1.28. The zero-order valence-electron chi connectivity index (χ0n) is 9.58. The van der Waals surface area contributed by atoms with Crippen molar-refractivity contribution in [3.8, 4) is 5.75 Å². The molecule has 1 aromatic carbocycles. The van der Waals surface area contributed by atoms with Crippen molar-refractivity contribution in [2.75, 3.05) is 6.61 Å². The number of rotatable bonds is 6. The van der Waals surface area contributed by atoms with Crippen LogP contribution < -0.4 is 10.5 Å². The van der Waals surface area contributed by atoms with E-state index >= 15 is 0 Å². The van der Waals surface area contributed by atoms with Gasteiger partial charge in [-0.3, -0.25) is 4.79 Å². The van der Waals surface area contributed by atoms with Crippen molar-refractivity contribution in [1.82, 2.24) is 0 Å². The summed E-state index contributed by atoms with van der Waals surface area (Å²) in [6.07, 6.45) is 1.14. The number of amides is 1. The van der Waals surface area contributed by atoms with Gasteiger partial charge < -0.3 is 10.5 Å². The van der Waals surface area contributed by atoms with Gasteiger partial charge in [0.1, 0.15) is 5.75 Å². The minimum Gasteiger partial charge on any atom is -0.493 e. The molecule has 0 aromatic heterocycles. The van der Waals surface area contributed by atoms with Gasteiger partial charge in [-0.1, -0.05) is 18.5 Å². The highest BCUT2D eigenvalue weighted by atomic mass is 79.9. The maximum absolute atomic E-state index is 10.6. The number of carbonyl (C=O) groups is 1. The molecule has 1 aromatic rings. The first-order chi connectivity index (χ1) is 7.99. The quantitative estimate of drug-likeness (QED) is 0.873. The van der Waals surface area contributed by atoms with Crippen LogP contribution in [0, 0.1) is 5.92 Å². The van der Waals surface area contributed by atoms with Gasteiger partial charge in [0, 0.05) is 10.9 Å². The molecule has 5 heteroatoms. The second-order valence-electron chi connectivity index (χ2n) is 4.00. The Bertz CT molecular complexity index is 398. The third kappa shape index (κ3) is 5.41. The van der Waals surface area contributed by atoms with Crippen LogP contribution >= 0.6 is 27.5 Å². The van der Waals surface area contributed by atoms with E-state index in [0.29, 0.717) is 18.1 Å². The van der Waals surface area contributed by atoms with Crippen LogP contribution in [0.1, 0.15) is 19.8 Å². The molecule has 0 aliphatic rings. The predicted molar refractivity (Wildman–Crippen MR) is 72.2 cm³/mol. The standard InChI is InChI=1S/C12H15BrClNO2/c1-8(2-5-12(15)16)7-17-9-3-4-11(14)10(13)6-9/h3-4,6,8H,2,5,7H2,1H3,(H2,15,16)/t8-/m0/s1. The second-order valence-corrected chi connectivity index (χ2v) is 5.26. The Morgan fingerprint density at radius 2 is 2.29 bits per heavy atom. The van der Waals surface area contributed by atoms with Crippen molar-refractivity contribution in [3.63, 3.8) is 0 Å². The molecule has 17 heavy (non-hydrogen) atoms. The molecule has 1 atom stereocenters. The predicted octanol–water partition coefficient (Wildman–Crippen LogP) is 3.38. The van der Waals surface area contributed by atoms with Crippen LogP contribution in [0.4, 0.5) is 0 Å². The van der Waals surface area contributed by atoms with Crippen LogP contribution in [0.3, 0.4) is 0 Å². The summed E-state index contributed by atoms with van der Waals surface area (Å²) in [5.41, 5.74) is 5.08. The van der Waals surface area contributed by atoms with Crippen LogP contribution in [0.2, 0.25) is 5.02 Å². The summed E-state index contributed by atoms with van der Waals surface area (Å²) in [6.45, 7) is 2.58. The van der Waals surface area contributed by atoms with Crippen molar-refractivity contribution in [3.05, 3.63) is 27.7 Å². The van der Waals surface area contributed by atoms with E-state index in [2.05, 4.69) is 15.9 Å². The summed E-state index contributed by atoms with van der Waals surface area (Å²) < 4.78 is 6.40. The number of nitrogens with two attached hydrogens (primary N) is 1. The van der Waals surface area contributed by atoms with E-state index < -0.39 is 0 Å². The van der Waals surface area contributed by atoms with Crippen LogP contribution in [-0.4, -0.2) is 12.5 Å². The molecule has 0 radical (unpaired) electrons. The molecule has 1 amide bonds. The lowest BCUT2D eigenvalue weighted by atomic mass is 10.1. The Morgan fingerprint density at radius 3 is 2.88 bits per heavy atom. The van der Waals surface area contributed by atoms with Crippen molar-refractivity contribution >= 4 is 33.4 Å². The van der Waals surface area contributed by atoms with Crippen LogP contribution in [0.25, 0.3) is 0 Å². The molecule has 1 rings (SSSR count). The maximum Gasteiger partial charge on any atom is 0.217 e. The smallest absolute Gasteiger partial charge is 0.217 e. The van der Waals surface area contributed by atoms with E-state index in [-0.39, 0.29) is 11.8 Å². The Balaban J connectivity index is 2.39. The number of benzene rings is 1. The van der Waals surface area contributed by atoms with Crippen LogP contribution in [0.5, 0.6) is 5.75 Å². The van der Waals surface area contributed by atoms with Gasteiger partial charge in [-0.25, -0.2) is 0 Å². The van der Waals surface area contributed by atoms with Gasteiger partial charge in [-0.15, -0.1) is 0 Å². The lowest BCUT2D eigenvalue weighted by Gasteiger charge is -2.12. The zero-order valence-corrected chi connectivity index (χ0v) is 11.9. The van der Waals surface area contributed by atoms with E-state index in [1.54, 1.807) is 6.07 Å². The first kappa shape index (κ1) is 14.3. The molecule has 94 valence electrons. The molecule has 0 bridgehead atoms. The summed E-state index contributed by atoms with van der Waals surface area (Å²) in [5.74, 6) is 0.773. The van der Waals surface area contributed by atoms with E-state index in [1.165, 1.54) is 0 Å². The minimum absolute atomic E-state index is 0.272. The lowest BCUT2D eigenvalue weighted by Crippen LogP contribution is -2.15. The molecule has 0 saturated heterocycles. The van der Waals surface area contributed by atoms with Gasteiger partial charge >= 0.3 is 0 Å². The van der Waals surface area contributed by atoms with E-state index in [9.17, 15) is 4.79 Å². The first-order valence-corrected chi connectivity index (χ1v) is 6.52. The monoisotopic (exact) mass is 319 g/mol. The van der Waals surface area contributed by atoms with Gasteiger partial charge in [-0.2, -0.15) is 0 Å². The summed E-state index contributed by atoms with van der Waals surface area (Å²) in [6, 6.07) is 5.41. The van der Waals surface area contributed by atoms with Crippen LogP contribution in [0.15, 0.2) is 22.7 Å². The highest BCUT2D eigenvalue weighted by Gasteiger charge is 2.06. The number of hydrogen-bond donors (Lipinski definition) is 1. The highest BCUT2D eigenvalue weighted by molar-refractivity contribution is 9.10. The fourth-order valence-corrected chi connectivity index (χ4v) is 1.75. The maximum atomic E-state index is 10.6. The molecule has 0 spiro atoms. The topological polar surface area (TPSA) is 52.3 Å². The van der Waals surface area contributed by atoms with E-state index in [4.69, 9.17) is 22.1 Å². The van der Waals surface area contributed by atoms with Crippen molar-refractivity contribution in [1.29, 1.82) is 0 Å². The molecule has 0 unspecified atom stereocenters. The first-order valence-electron chi connectivity index (χ1n) is 5.35. The summed E-state index contributed by atoms with van der Waals surface area (Å²) in [5, 5.41) is 0.652. The van der Waals surface area contributed by atoms with E-state index in [0.717, 1.165) is 16.6 Å². The summed E-state index contributed by atoms with van der Waals surface area (Å²) in [4.78, 5) is 10.6. The van der Waals surface area contributed by atoms with Crippen molar-refractivity contribution in [2.45, 2.75) is 19.8 Å². The highest BCUT2D eigenvalue weighted by Crippen LogP contribution is 2.27. The van der Waals surface area contributed by atoms with Crippen molar-refractivity contribution in [2.24, 2.45) is 11.7 Å². The zero-order chi connectivity index (χ0) is 12.8. The summed E-state index contributed by atoms with van der Waals surface area (Å²) >= 11 is 9.20. The Hall–Kier alpha value is -0.740. The van der Waals surface area contributed by atoms with Crippen LogP contribution in [-0.2, 0) is 4.79 Å². The SMILES string of the molecule is C[C@@H](CCC(N)=O)COc1ccc(Cl)c(Br)c1. The molecule has 0 fully saturated rings. The Labute approximate surface area is 114 Å². The Morgan fingerprint density at radius 1 is 1.59 bits per heavy atom. The second kappa shape index (κ2) is 6.87. The lowest BCUT2D eigenvalue weighted by molar-refractivity contribution is -0.118. The van der Waals surface area contributed by atoms with Gasteiger partial charge in [0.15, 0.2) is 0 Å². The average molecular weight is 321 g/mol. The largest absolute Gasteiger partial charge is 0.493 e. The van der Waals surface area contributed by atoms with Gasteiger partial charge in [0.2, 0.25) is 5.91 Å². The van der Waals surface area contributed by atoms with Crippen molar-refractivity contribution < 1.29 is 9.53 Å². The number of hydrogen-bond acceptors (Lipinski definition) is 2. The van der Waals surface area contributed by atoms with Gasteiger partial charge in [0.25, 0.3) is 0 Å². The van der Waals surface area contributed by atoms with Gasteiger partial charge in [0.05, 0.1) is 11.6 Å². The molecule has 3 nitrogen and oxygen atoms in total. The average Bonchev–Trinajstić information content (AvgIpc) is 2.28. The number of ether oxygens (including phenoxy) is 1. The fraction of sp³-hybridized carbons (Fsp3) is 0.417. The molecule has 0 heterocycles. The number of halogens is 2. The molecule has 0 aliphatic carbocycles. The van der Waals surface area contributed by atoms with Gasteiger partial charge in [-0.05, 0) is 46.5 Å². The molecular formula is C12H15BrClNO2. The molecule has 0 saturated carbocycles. The Kier molecular flexibility index (Phi) is 5.78. The molecular weight excluding hydrogens is 305 g/mol. The third-order valence-corrected chi connectivity index (χ3v) is 3.52. The third-order valence-electron chi connectivity index (χ3n) is 2.31. The summed E-state index contributed by atoms with van der Waals surface area (Å²) in [7, 11) is 0. The van der Waals surface area contributed by atoms with E-state index in [1.807, 2.05) is 19.1 Å². The normalized spacial score (nSPS) is 12.2. The molecule has 0 aliphatic heterocycles. The number of carbonyl (C=O) groups excluding carboxylic acids is 1. The number of primary amides is 1. The minimum atomic E-state index is -0.272. The molecule has 2 N–H and O–H groups in total.